The Bertz CT molecular complexity index is 960. The summed E-state index contributed by atoms with van der Waals surface area (Å²) in [5, 5.41) is 13.6. The zero-order chi connectivity index (χ0) is 19.3. The normalized spacial score (nSPS) is 16.9. The number of aromatic nitrogens is 3. The molecule has 3 aromatic rings. The minimum atomic E-state index is -0.196. The van der Waals surface area contributed by atoms with Gasteiger partial charge in [0.1, 0.15) is 0 Å². The van der Waals surface area contributed by atoms with Crippen LogP contribution in [0.25, 0.3) is 10.8 Å². The van der Waals surface area contributed by atoms with Crippen LogP contribution in [0.4, 0.5) is 5.82 Å². The number of nitrogens with one attached hydrogen (secondary N) is 1. The van der Waals surface area contributed by atoms with Crippen molar-refractivity contribution in [2.75, 3.05) is 18.0 Å². The van der Waals surface area contributed by atoms with E-state index in [1.165, 1.54) is 6.42 Å². The third-order valence-electron chi connectivity index (χ3n) is 5.35. The second-order valence-corrected chi connectivity index (χ2v) is 7.28. The van der Waals surface area contributed by atoms with Gasteiger partial charge in [-0.2, -0.15) is 0 Å². The van der Waals surface area contributed by atoms with Crippen LogP contribution in [0.15, 0.2) is 48.7 Å². The molecule has 1 unspecified atom stereocenters. The van der Waals surface area contributed by atoms with Gasteiger partial charge in [-0.15, -0.1) is 10.2 Å². The molecule has 6 nitrogen and oxygen atoms in total. The Labute approximate surface area is 165 Å². The number of hydrogen-bond acceptors (Lipinski definition) is 5. The van der Waals surface area contributed by atoms with Crippen LogP contribution < -0.4 is 10.2 Å². The number of fused-ring (bicyclic) bond motifs is 1. The maximum Gasteiger partial charge on any atom is 0.272 e. The first-order valence-corrected chi connectivity index (χ1v) is 9.94. The van der Waals surface area contributed by atoms with Crippen molar-refractivity contribution >= 4 is 22.5 Å². The number of hydrogen-bond donors (Lipinski definition) is 1. The van der Waals surface area contributed by atoms with E-state index in [0.717, 1.165) is 41.7 Å². The van der Waals surface area contributed by atoms with Crippen LogP contribution in [0.1, 0.15) is 42.4 Å². The highest BCUT2D eigenvalue weighted by Gasteiger charge is 2.24. The molecule has 0 aliphatic carbocycles. The van der Waals surface area contributed by atoms with Crippen molar-refractivity contribution in [3.8, 4) is 0 Å². The molecule has 1 fully saturated rings. The minimum absolute atomic E-state index is 0.196. The highest BCUT2D eigenvalue weighted by Crippen LogP contribution is 2.30. The number of carbonyl (C=O) groups excluding carboxylic acids is 1. The van der Waals surface area contributed by atoms with Crippen molar-refractivity contribution in [2.24, 2.45) is 0 Å². The first-order chi connectivity index (χ1) is 13.7. The molecule has 0 saturated carbocycles. The van der Waals surface area contributed by atoms with Gasteiger partial charge in [-0.25, -0.2) is 0 Å². The number of pyridine rings is 1. The molecule has 1 atom stereocenters. The highest BCUT2D eigenvalue weighted by molar-refractivity contribution is 6.07. The van der Waals surface area contributed by atoms with Crippen molar-refractivity contribution in [1.29, 1.82) is 0 Å². The molecule has 4 rings (SSSR count). The lowest BCUT2D eigenvalue weighted by molar-refractivity contribution is 0.0950. The number of rotatable bonds is 5. The minimum Gasteiger partial charge on any atom is -0.352 e. The summed E-state index contributed by atoms with van der Waals surface area (Å²) >= 11 is 0. The summed E-state index contributed by atoms with van der Waals surface area (Å²) in [6.45, 7) is 3.72. The van der Waals surface area contributed by atoms with Gasteiger partial charge in [-0.3, -0.25) is 9.78 Å². The van der Waals surface area contributed by atoms with Crippen LogP contribution in [0, 0.1) is 0 Å². The van der Waals surface area contributed by atoms with E-state index in [4.69, 9.17) is 0 Å². The van der Waals surface area contributed by atoms with Crippen molar-refractivity contribution in [3.63, 3.8) is 0 Å². The van der Waals surface area contributed by atoms with Crippen LogP contribution in [0.2, 0.25) is 0 Å². The van der Waals surface area contributed by atoms with Gasteiger partial charge in [0.2, 0.25) is 0 Å². The lowest BCUT2D eigenvalue weighted by atomic mass is 10.0. The molecule has 1 aromatic carbocycles. The van der Waals surface area contributed by atoms with E-state index in [0.29, 0.717) is 24.7 Å². The number of anilines is 1. The molecule has 0 spiro atoms. The van der Waals surface area contributed by atoms with E-state index in [-0.39, 0.29) is 5.91 Å². The summed E-state index contributed by atoms with van der Waals surface area (Å²) < 4.78 is 0. The summed E-state index contributed by atoms with van der Waals surface area (Å²) in [4.78, 5) is 19.4. The van der Waals surface area contributed by atoms with E-state index < -0.39 is 0 Å². The maximum atomic E-state index is 12.8. The van der Waals surface area contributed by atoms with Gasteiger partial charge in [0, 0.05) is 48.2 Å². The third kappa shape index (κ3) is 3.81. The summed E-state index contributed by atoms with van der Waals surface area (Å²) in [6.07, 6.45) is 6.01. The molecule has 144 valence electrons. The van der Waals surface area contributed by atoms with E-state index in [9.17, 15) is 4.79 Å². The molecule has 1 saturated heterocycles. The molecule has 1 N–H and O–H groups in total. The molecule has 6 heteroatoms. The van der Waals surface area contributed by atoms with Crippen LogP contribution in [0.3, 0.4) is 0 Å². The Morgan fingerprint density at radius 3 is 2.71 bits per heavy atom. The zero-order valence-electron chi connectivity index (χ0n) is 16.1. The lowest BCUT2D eigenvalue weighted by Gasteiger charge is -2.34. The number of piperidine rings is 1. The van der Waals surface area contributed by atoms with Crippen molar-refractivity contribution in [2.45, 2.75) is 38.6 Å². The molecular weight excluding hydrogens is 350 g/mol. The molecule has 3 heterocycles. The van der Waals surface area contributed by atoms with Crippen LogP contribution in [-0.4, -0.2) is 40.2 Å². The molecule has 28 heavy (non-hydrogen) atoms. The van der Waals surface area contributed by atoms with Gasteiger partial charge in [-0.1, -0.05) is 30.3 Å². The fourth-order valence-corrected chi connectivity index (χ4v) is 3.82. The van der Waals surface area contributed by atoms with Crippen LogP contribution in [-0.2, 0) is 6.42 Å². The topological polar surface area (TPSA) is 71.0 Å². The van der Waals surface area contributed by atoms with Gasteiger partial charge < -0.3 is 10.2 Å². The summed E-state index contributed by atoms with van der Waals surface area (Å²) in [7, 11) is 0. The second kappa shape index (κ2) is 8.33. The summed E-state index contributed by atoms with van der Waals surface area (Å²) in [5.41, 5.74) is 1.33. The van der Waals surface area contributed by atoms with E-state index in [2.05, 4.69) is 32.3 Å². The maximum absolute atomic E-state index is 12.8. The Balaban J connectivity index is 1.56. The number of carbonyl (C=O) groups is 1. The zero-order valence-corrected chi connectivity index (χ0v) is 16.1. The molecule has 1 amide bonds. The lowest BCUT2D eigenvalue weighted by Crippen LogP contribution is -2.38. The van der Waals surface area contributed by atoms with E-state index in [1.54, 1.807) is 6.20 Å². The highest BCUT2D eigenvalue weighted by atomic mass is 16.1. The van der Waals surface area contributed by atoms with Gasteiger partial charge in [0.05, 0.1) is 0 Å². The largest absolute Gasteiger partial charge is 0.352 e. The predicted octanol–water partition coefficient (Wildman–Crippen LogP) is 3.38. The SMILES string of the molecule is CC1CCCCN1c1nnc(C(=O)NCCc2ccccn2)c2ccccc12. The quantitative estimate of drug-likeness (QED) is 0.740. The first-order valence-electron chi connectivity index (χ1n) is 9.94. The standard InChI is InChI=1S/C22H25N5O/c1-16-8-5-7-15-27(16)21-19-11-3-2-10-18(19)20(25-26-21)22(28)24-14-12-17-9-4-6-13-23-17/h2-4,6,9-11,13,16H,5,7-8,12,14-15H2,1H3,(H,24,28). The van der Waals surface area contributed by atoms with Crippen LogP contribution >= 0.6 is 0 Å². The fourth-order valence-electron chi connectivity index (χ4n) is 3.82. The predicted molar refractivity (Wildman–Crippen MR) is 110 cm³/mol. The molecular formula is C22H25N5O. The van der Waals surface area contributed by atoms with Crippen molar-refractivity contribution < 1.29 is 4.79 Å². The molecule has 0 bridgehead atoms. The Kier molecular flexibility index (Phi) is 5.46. The summed E-state index contributed by atoms with van der Waals surface area (Å²) in [6, 6.07) is 14.1. The molecule has 1 aliphatic rings. The molecule has 2 aromatic heterocycles. The van der Waals surface area contributed by atoms with E-state index in [1.807, 2.05) is 42.5 Å². The summed E-state index contributed by atoms with van der Waals surface area (Å²) in [5.74, 6) is 0.686. The van der Waals surface area contributed by atoms with Crippen LogP contribution in [0.5, 0.6) is 0 Å². The Hall–Kier alpha value is -3.02. The smallest absolute Gasteiger partial charge is 0.272 e. The Morgan fingerprint density at radius 1 is 1.11 bits per heavy atom. The van der Waals surface area contributed by atoms with E-state index >= 15 is 0 Å². The van der Waals surface area contributed by atoms with Crippen molar-refractivity contribution in [1.82, 2.24) is 20.5 Å². The fraction of sp³-hybridized carbons (Fsp3) is 0.364. The number of benzene rings is 1. The third-order valence-corrected chi connectivity index (χ3v) is 5.35. The molecule has 0 radical (unpaired) electrons. The number of nitrogens with zero attached hydrogens (tertiary/aromatic N) is 4. The number of amides is 1. The van der Waals surface area contributed by atoms with Gasteiger partial charge >= 0.3 is 0 Å². The first kappa shape index (κ1) is 18.3. The van der Waals surface area contributed by atoms with Crippen molar-refractivity contribution in [3.05, 3.63) is 60.0 Å². The van der Waals surface area contributed by atoms with Gasteiger partial charge in [0.25, 0.3) is 5.91 Å². The Morgan fingerprint density at radius 2 is 1.93 bits per heavy atom. The monoisotopic (exact) mass is 375 g/mol. The second-order valence-electron chi connectivity index (χ2n) is 7.28. The van der Waals surface area contributed by atoms with Gasteiger partial charge in [0.15, 0.2) is 11.5 Å². The molecule has 1 aliphatic heterocycles. The average Bonchev–Trinajstić information content (AvgIpc) is 2.74. The van der Waals surface area contributed by atoms with Gasteiger partial charge in [-0.05, 0) is 38.3 Å². The average molecular weight is 375 g/mol.